The Balaban J connectivity index is 1.65. The monoisotopic (exact) mass is 375 g/mol. The molecule has 0 spiro atoms. The third-order valence-corrected chi connectivity index (χ3v) is 4.67. The van der Waals surface area contributed by atoms with E-state index < -0.39 is 0 Å². The molecule has 1 aromatic heterocycles. The zero-order chi connectivity index (χ0) is 20.1. The predicted molar refractivity (Wildman–Crippen MR) is 113 cm³/mol. The molecule has 4 rings (SSSR count). The van der Waals surface area contributed by atoms with Crippen LogP contribution >= 0.6 is 0 Å². The Bertz CT molecular complexity index is 1340. The van der Waals surface area contributed by atoms with Gasteiger partial charge in [0.2, 0.25) is 0 Å². The molecule has 138 valence electrons. The molecule has 0 bridgehead atoms. The Morgan fingerprint density at radius 3 is 2.59 bits per heavy atom. The molecular formula is C25H17N3O. The standard InChI is InChI=1S/C25H17N3O/c26-16-21-11-4-5-12-22(21)17-28-18-27-24-14-13-20(15-23(24)25(28)29)10-6-9-19-7-2-1-3-8-19/h1-5,7-8,11-15,18H,9,17H2. The zero-order valence-corrected chi connectivity index (χ0v) is 15.7. The lowest BCUT2D eigenvalue weighted by atomic mass is 10.1. The molecular weight excluding hydrogens is 358 g/mol. The van der Waals surface area contributed by atoms with Gasteiger partial charge in [-0.1, -0.05) is 60.4 Å². The Hall–Kier alpha value is -4.15. The van der Waals surface area contributed by atoms with Gasteiger partial charge in [0.1, 0.15) is 0 Å². The summed E-state index contributed by atoms with van der Waals surface area (Å²) in [4.78, 5) is 17.4. The van der Waals surface area contributed by atoms with E-state index in [2.05, 4.69) is 22.9 Å². The molecule has 0 aliphatic rings. The first kappa shape index (κ1) is 18.2. The minimum Gasteiger partial charge on any atom is -0.294 e. The molecule has 0 fully saturated rings. The van der Waals surface area contributed by atoms with E-state index in [0.717, 1.165) is 16.7 Å². The Morgan fingerprint density at radius 1 is 0.966 bits per heavy atom. The number of hydrogen-bond donors (Lipinski definition) is 0. The third-order valence-electron chi connectivity index (χ3n) is 4.67. The summed E-state index contributed by atoms with van der Waals surface area (Å²) in [5.41, 5.74) is 3.77. The summed E-state index contributed by atoms with van der Waals surface area (Å²) in [5.74, 6) is 6.29. The Labute approximate surface area is 168 Å². The summed E-state index contributed by atoms with van der Waals surface area (Å²) in [5, 5.41) is 9.79. The minimum atomic E-state index is -0.144. The van der Waals surface area contributed by atoms with E-state index in [0.29, 0.717) is 29.4 Å². The van der Waals surface area contributed by atoms with Crippen LogP contribution in [0.1, 0.15) is 22.3 Å². The quantitative estimate of drug-likeness (QED) is 0.510. The van der Waals surface area contributed by atoms with Crippen LogP contribution in [0, 0.1) is 23.2 Å². The van der Waals surface area contributed by atoms with Crippen molar-refractivity contribution in [1.29, 1.82) is 5.26 Å². The van der Waals surface area contributed by atoms with Crippen molar-refractivity contribution in [3.05, 3.63) is 112 Å². The maximum atomic E-state index is 13.0. The molecule has 0 N–H and O–H groups in total. The summed E-state index contributed by atoms with van der Waals surface area (Å²) in [6, 6.07) is 24.9. The maximum absolute atomic E-state index is 13.0. The minimum absolute atomic E-state index is 0.144. The molecule has 0 saturated heterocycles. The second kappa shape index (κ2) is 8.25. The highest BCUT2D eigenvalue weighted by molar-refractivity contribution is 5.79. The van der Waals surface area contributed by atoms with Gasteiger partial charge in [-0.25, -0.2) is 4.98 Å². The predicted octanol–water partition coefficient (Wildman–Crippen LogP) is 3.91. The molecule has 0 atom stereocenters. The van der Waals surface area contributed by atoms with E-state index in [4.69, 9.17) is 0 Å². The summed E-state index contributed by atoms with van der Waals surface area (Å²) < 4.78 is 1.53. The number of benzene rings is 3. The molecule has 0 saturated carbocycles. The average Bonchev–Trinajstić information content (AvgIpc) is 2.77. The van der Waals surface area contributed by atoms with E-state index in [-0.39, 0.29) is 5.56 Å². The van der Waals surface area contributed by atoms with Crippen molar-refractivity contribution < 1.29 is 0 Å². The van der Waals surface area contributed by atoms with Crippen molar-refractivity contribution in [2.75, 3.05) is 0 Å². The van der Waals surface area contributed by atoms with Gasteiger partial charge in [0.05, 0.1) is 35.4 Å². The van der Waals surface area contributed by atoms with Crippen LogP contribution in [-0.2, 0) is 13.0 Å². The fourth-order valence-corrected chi connectivity index (χ4v) is 3.14. The van der Waals surface area contributed by atoms with Crippen molar-refractivity contribution in [2.45, 2.75) is 13.0 Å². The SMILES string of the molecule is N#Cc1ccccc1Cn1cnc2ccc(C#CCc3ccccc3)cc2c1=O. The number of nitriles is 1. The van der Waals surface area contributed by atoms with E-state index in [1.165, 1.54) is 10.9 Å². The van der Waals surface area contributed by atoms with Crippen LogP contribution in [0.3, 0.4) is 0 Å². The molecule has 0 amide bonds. The summed E-state index contributed by atoms with van der Waals surface area (Å²) >= 11 is 0. The molecule has 4 aromatic rings. The number of nitrogens with zero attached hydrogens (tertiary/aromatic N) is 3. The van der Waals surface area contributed by atoms with Crippen molar-refractivity contribution >= 4 is 10.9 Å². The van der Waals surface area contributed by atoms with E-state index in [9.17, 15) is 10.1 Å². The summed E-state index contributed by atoms with van der Waals surface area (Å²) in [6.07, 6.45) is 2.18. The van der Waals surface area contributed by atoms with Crippen LogP contribution in [0.4, 0.5) is 0 Å². The van der Waals surface area contributed by atoms with Crippen LogP contribution in [0.25, 0.3) is 10.9 Å². The van der Waals surface area contributed by atoms with Gasteiger partial charge in [0, 0.05) is 12.0 Å². The number of aromatic nitrogens is 2. The molecule has 3 aromatic carbocycles. The Morgan fingerprint density at radius 2 is 1.76 bits per heavy atom. The Kier molecular flexibility index (Phi) is 5.18. The second-order valence-corrected chi connectivity index (χ2v) is 6.64. The summed E-state index contributed by atoms with van der Waals surface area (Å²) in [6.45, 7) is 0.301. The van der Waals surface area contributed by atoms with E-state index >= 15 is 0 Å². The van der Waals surface area contributed by atoms with Gasteiger partial charge in [0.25, 0.3) is 5.56 Å². The van der Waals surface area contributed by atoms with Crippen LogP contribution in [0.2, 0.25) is 0 Å². The smallest absolute Gasteiger partial charge is 0.261 e. The topological polar surface area (TPSA) is 58.7 Å². The van der Waals surface area contributed by atoms with Gasteiger partial charge in [-0.05, 0) is 35.4 Å². The maximum Gasteiger partial charge on any atom is 0.261 e. The molecule has 0 aliphatic carbocycles. The first-order valence-corrected chi connectivity index (χ1v) is 9.24. The van der Waals surface area contributed by atoms with Crippen LogP contribution in [0.15, 0.2) is 83.9 Å². The fraction of sp³-hybridized carbons (Fsp3) is 0.0800. The molecule has 0 unspecified atom stereocenters. The van der Waals surface area contributed by atoms with Crippen molar-refractivity contribution in [3.63, 3.8) is 0 Å². The largest absolute Gasteiger partial charge is 0.294 e. The van der Waals surface area contributed by atoms with Crippen molar-refractivity contribution in [3.8, 4) is 17.9 Å². The molecule has 4 heteroatoms. The normalized spacial score (nSPS) is 10.2. The highest BCUT2D eigenvalue weighted by Crippen LogP contribution is 2.12. The molecule has 29 heavy (non-hydrogen) atoms. The molecule has 4 nitrogen and oxygen atoms in total. The third kappa shape index (κ3) is 4.08. The zero-order valence-electron chi connectivity index (χ0n) is 15.7. The molecule has 1 heterocycles. The molecule has 0 aliphatic heterocycles. The van der Waals surface area contributed by atoms with Gasteiger partial charge in [-0.3, -0.25) is 9.36 Å². The fourth-order valence-electron chi connectivity index (χ4n) is 3.14. The summed E-state index contributed by atoms with van der Waals surface area (Å²) in [7, 11) is 0. The number of hydrogen-bond acceptors (Lipinski definition) is 3. The lowest BCUT2D eigenvalue weighted by Crippen LogP contribution is -2.21. The van der Waals surface area contributed by atoms with Gasteiger partial charge in [-0.15, -0.1) is 0 Å². The highest BCUT2D eigenvalue weighted by Gasteiger charge is 2.07. The van der Waals surface area contributed by atoms with Crippen LogP contribution in [-0.4, -0.2) is 9.55 Å². The second-order valence-electron chi connectivity index (χ2n) is 6.64. The first-order valence-electron chi connectivity index (χ1n) is 9.24. The average molecular weight is 375 g/mol. The number of rotatable bonds is 3. The van der Waals surface area contributed by atoms with Crippen LogP contribution in [0.5, 0.6) is 0 Å². The first-order chi connectivity index (χ1) is 14.2. The lowest BCUT2D eigenvalue weighted by Gasteiger charge is -2.08. The van der Waals surface area contributed by atoms with Gasteiger partial charge < -0.3 is 0 Å². The van der Waals surface area contributed by atoms with Gasteiger partial charge >= 0.3 is 0 Å². The lowest BCUT2D eigenvalue weighted by molar-refractivity contribution is 0.747. The van der Waals surface area contributed by atoms with Gasteiger partial charge in [0.15, 0.2) is 0 Å². The number of fused-ring (bicyclic) bond motifs is 1. The van der Waals surface area contributed by atoms with Gasteiger partial charge in [-0.2, -0.15) is 5.26 Å². The highest BCUT2D eigenvalue weighted by atomic mass is 16.1. The van der Waals surface area contributed by atoms with E-state index in [1.54, 1.807) is 12.1 Å². The van der Waals surface area contributed by atoms with Crippen LogP contribution < -0.4 is 5.56 Å². The molecule has 0 radical (unpaired) electrons. The van der Waals surface area contributed by atoms with E-state index in [1.807, 2.05) is 60.7 Å². The van der Waals surface area contributed by atoms with Crippen molar-refractivity contribution in [2.24, 2.45) is 0 Å². The van der Waals surface area contributed by atoms with Crippen molar-refractivity contribution in [1.82, 2.24) is 9.55 Å².